The van der Waals surface area contributed by atoms with Crippen molar-refractivity contribution < 1.29 is 22.3 Å². The lowest BCUT2D eigenvalue weighted by Crippen LogP contribution is -2.19. The summed E-state index contributed by atoms with van der Waals surface area (Å²) in [5.41, 5.74) is -1.79. The van der Waals surface area contributed by atoms with Crippen LogP contribution < -0.4 is 10.4 Å². The molecule has 0 aliphatic heterocycles. The van der Waals surface area contributed by atoms with Crippen LogP contribution >= 0.6 is 11.6 Å². The molecule has 3 aromatic rings. The molecule has 140 valence electrons. The van der Waals surface area contributed by atoms with Crippen LogP contribution in [0.5, 0.6) is 5.75 Å². The Bertz CT molecular complexity index is 1050. The molecule has 0 radical (unpaired) electrons. The maximum atomic E-state index is 12.7. The first-order valence-corrected chi connectivity index (χ1v) is 7.94. The van der Waals surface area contributed by atoms with Crippen LogP contribution in [0.4, 0.5) is 13.2 Å². The average Bonchev–Trinajstić information content (AvgIpc) is 3.07. The van der Waals surface area contributed by atoms with Gasteiger partial charge >= 0.3 is 11.9 Å². The van der Waals surface area contributed by atoms with Crippen molar-refractivity contribution in [3.63, 3.8) is 0 Å². The lowest BCUT2D eigenvalue weighted by Gasteiger charge is -2.06. The van der Waals surface area contributed by atoms with Gasteiger partial charge in [0.1, 0.15) is 23.0 Å². The first kappa shape index (κ1) is 18.8. The lowest BCUT2D eigenvalue weighted by molar-refractivity contribution is -0.141. The highest BCUT2D eigenvalue weighted by Crippen LogP contribution is 2.34. The van der Waals surface area contributed by atoms with Crippen molar-refractivity contribution in [1.29, 1.82) is 0 Å². The molecule has 0 amide bonds. The Labute approximate surface area is 156 Å². The fraction of sp³-hybridized carbons (Fsp3) is 0.111. The zero-order valence-corrected chi connectivity index (χ0v) is 14.6. The van der Waals surface area contributed by atoms with Crippen LogP contribution in [0.25, 0.3) is 23.5 Å². The summed E-state index contributed by atoms with van der Waals surface area (Å²) in [5, 5.41) is 0.492. The van der Waals surface area contributed by atoms with Crippen LogP contribution in [-0.4, -0.2) is 17.1 Å². The number of furan rings is 1. The molecule has 0 unspecified atom stereocenters. The maximum absolute atomic E-state index is 12.7. The van der Waals surface area contributed by atoms with Crippen LogP contribution in [0.15, 0.2) is 45.6 Å². The number of H-pyrrole nitrogens is 1. The summed E-state index contributed by atoms with van der Waals surface area (Å²) in [5.74, 6) is 1.36. The number of alkyl halides is 3. The van der Waals surface area contributed by atoms with Gasteiger partial charge < -0.3 is 14.1 Å². The summed E-state index contributed by atoms with van der Waals surface area (Å²) in [4.78, 5) is 16.5. The van der Waals surface area contributed by atoms with Crippen molar-refractivity contribution >= 4 is 23.8 Å². The Hall–Kier alpha value is -3.00. The van der Waals surface area contributed by atoms with E-state index in [-0.39, 0.29) is 5.69 Å². The molecule has 2 aromatic heterocycles. The quantitative estimate of drug-likeness (QED) is 0.682. The van der Waals surface area contributed by atoms with Crippen molar-refractivity contribution in [1.82, 2.24) is 9.97 Å². The third-order valence-electron chi connectivity index (χ3n) is 3.54. The molecule has 9 heteroatoms. The molecule has 0 saturated heterocycles. The molecule has 27 heavy (non-hydrogen) atoms. The first-order valence-electron chi connectivity index (χ1n) is 7.56. The van der Waals surface area contributed by atoms with Crippen LogP contribution in [0.1, 0.15) is 17.1 Å². The molecule has 2 heterocycles. The van der Waals surface area contributed by atoms with Crippen LogP contribution in [0, 0.1) is 0 Å². The van der Waals surface area contributed by atoms with Gasteiger partial charge in [-0.15, -0.1) is 0 Å². The average molecular weight is 397 g/mol. The Balaban J connectivity index is 1.90. The molecule has 3 rings (SSSR count). The summed E-state index contributed by atoms with van der Waals surface area (Å²) in [6, 6.07) is 9.05. The summed E-state index contributed by atoms with van der Waals surface area (Å²) in [6.45, 7) is 0. The molecule has 0 aliphatic carbocycles. The largest absolute Gasteiger partial charge is 0.496 e. The smallest absolute Gasteiger partial charge is 0.431 e. The van der Waals surface area contributed by atoms with Gasteiger partial charge in [-0.2, -0.15) is 18.2 Å². The second kappa shape index (κ2) is 7.32. The predicted molar refractivity (Wildman–Crippen MR) is 94.5 cm³/mol. The number of aromatic nitrogens is 2. The Morgan fingerprint density at radius 1 is 1.19 bits per heavy atom. The standard InChI is InChI=1S/C18H12ClF3N2O3/c1-26-14-6-2-10(19)8-13(14)15-7-5-12(27-15)4-3-11-9-16(18(20,21)22)24-17(25)23-11/h2-9H,1H3,(H,23,24,25)/b4-3+. The third kappa shape index (κ3) is 4.40. The van der Waals surface area contributed by atoms with E-state index in [0.717, 1.165) is 6.07 Å². The van der Waals surface area contributed by atoms with E-state index in [4.69, 9.17) is 20.8 Å². The predicted octanol–water partition coefficient (Wildman–Crippen LogP) is 4.88. The second-order valence-electron chi connectivity index (χ2n) is 5.40. The molecule has 0 atom stereocenters. The van der Waals surface area contributed by atoms with E-state index in [9.17, 15) is 18.0 Å². The molecule has 1 aromatic carbocycles. The van der Waals surface area contributed by atoms with E-state index in [0.29, 0.717) is 27.9 Å². The van der Waals surface area contributed by atoms with Crippen molar-refractivity contribution in [2.75, 3.05) is 7.11 Å². The van der Waals surface area contributed by atoms with Gasteiger partial charge in [0.05, 0.1) is 18.4 Å². The molecule has 1 N–H and O–H groups in total. The fourth-order valence-corrected chi connectivity index (χ4v) is 2.51. The van der Waals surface area contributed by atoms with Gasteiger partial charge in [0.2, 0.25) is 0 Å². The zero-order chi connectivity index (χ0) is 19.6. The molecule has 0 spiro atoms. The molecular weight excluding hydrogens is 385 g/mol. The van der Waals surface area contributed by atoms with Gasteiger partial charge in [0, 0.05) is 5.02 Å². The number of hydrogen-bond acceptors (Lipinski definition) is 4. The SMILES string of the molecule is COc1ccc(Cl)cc1-c1ccc(/C=C/c2cc(C(F)(F)F)[nH]c(=O)n2)o1. The summed E-state index contributed by atoms with van der Waals surface area (Å²) in [6.07, 6.45) is -2.02. The monoisotopic (exact) mass is 396 g/mol. The lowest BCUT2D eigenvalue weighted by atomic mass is 10.1. The Morgan fingerprint density at radius 3 is 2.67 bits per heavy atom. The molecular formula is C18H12ClF3N2O3. The zero-order valence-electron chi connectivity index (χ0n) is 13.8. The van der Waals surface area contributed by atoms with Crippen molar-refractivity contribution in [3.05, 3.63) is 69.1 Å². The Kier molecular flexibility index (Phi) is 5.09. The molecule has 0 aliphatic rings. The van der Waals surface area contributed by atoms with Crippen molar-refractivity contribution in [3.8, 4) is 17.1 Å². The van der Waals surface area contributed by atoms with Crippen LogP contribution in [0.2, 0.25) is 5.02 Å². The van der Waals surface area contributed by atoms with Crippen LogP contribution in [0.3, 0.4) is 0 Å². The van der Waals surface area contributed by atoms with Gasteiger partial charge in [0.25, 0.3) is 0 Å². The maximum Gasteiger partial charge on any atom is 0.431 e. The van der Waals surface area contributed by atoms with E-state index in [1.165, 1.54) is 19.3 Å². The van der Waals surface area contributed by atoms with Gasteiger partial charge in [-0.05, 0) is 48.6 Å². The number of halogens is 4. The number of methoxy groups -OCH3 is 1. The minimum Gasteiger partial charge on any atom is -0.496 e. The number of benzene rings is 1. The van der Waals surface area contributed by atoms with Gasteiger partial charge in [0.15, 0.2) is 0 Å². The summed E-state index contributed by atoms with van der Waals surface area (Å²) in [7, 11) is 1.51. The summed E-state index contributed by atoms with van der Waals surface area (Å²) < 4.78 is 49.1. The van der Waals surface area contributed by atoms with Gasteiger partial charge in [-0.3, -0.25) is 0 Å². The minimum absolute atomic E-state index is 0.149. The highest BCUT2D eigenvalue weighted by Gasteiger charge is 2.32. The van der Waals surface area contributed by atoms with Crippen molar-refractivity contribution in [2.45, 2.75) is 6.18 Å². The fourth-order valence-electron chi connectivity index (χ4n) is 2.34. The number of hydrogen-bond donors (Lipinski definition) is 1. The van der Waals surface area contributed by atoms with E-state index in [2.05, 4.69) is 4.98 Å². The molecule has 0 fully saturated rings. The minimum atomic E-state index is -4.67. The second-order valence-corrected chi connectivity index (χ2v) is 5.84. The van der Waals surface area contributed by atoms with Gasteiger partial charge in [-0.25, -0.2) is 4.79 Å². The van der Waals surface area contributed by atoms with Crippen LogP contribution in [-0.2, 0) is 6.18 Å². The molecule has 0 bridgehead atoms. The van der Waals surface area contributed by atoms with E-state index >= 15 is 0 Å². The van der Waals surface area contributed by atoms with Gasteiger partial charge in [-0.1, -0.05) is 11.6 Å². The topological polar surface area (TPSA) is 68.1 Å². The summed E-state index contributed by atoms with van der Waals surface area (Å²) >= 11 is 5.99. The normalized spacial score (nSPS) is 11.9. The number of nitrogens with one attached hydrogen (secondary N) is 1. The third-order valence-corrected chi connectivity index (χ3v) is 3.78. The Morgan fingerprint density at radius 2 is 1.96 bits per heavy atom. The van der Waals surface area contributed by atoms with Crippen molar-refractivity contribution in [2.24, 2.45) is 0 Å². The van der Waals surface area contributed by atoms with E-state index in [1.54, 1.807) is 35.3 Å². The molecule has 0 saturated carbocycles. The number of rotatable bonds is 4. The number of ether oxygens (including phenoxy) is 1. The highest BCUT2D eigenvalue weighted by molar-refractivity contribution is 6.30. The number of nitrogens with zero attached hydrogens (tertiary/aromatic N) is 1. The van der Waals surface area contributed by atoms with E-state index in [1.807, 2.05) is 0 Å². The highest BCUT2D eigenvalue weighted by atomic mass is 35.5. The van der Waals surface area contributed by atoms with E-state index < -0.39 is 17.6 Å². The first-order chi connectivity index (χ1) is 12.8. The molecule has 5 nitrogen and oxygen atoms in total. The number of aromatic amines is 1.